The molecule has 0 unspecified atom stereocenters. The molecule has 0 spiro atoms. The van der Waals surface area contributed by atoms with Crippen LogP contribution in [0.15, 0.2) is 24.3 Å². The Hall–Kier alpha value is -2.72. The lowest BCUT2D eigenvalue weighted by atomic mass is 10.1. The highest BCUT2D eigenvalue weighted by atomic mass is 32.2. The molecule has 1 aliphatic heterocycles. The summed E-state index contributed by atoms with van der Waals surface area (Å²) < 4.78 is 3.02. The van der Waals surface area contributed by atoms with Crippen LogP contribution >= 0.6 is 24.0 Å². The number of thioether (sulfide) groups is 1. The number of rotatable bonds is 15. The van der Waals surface area contributed by atoms with Crippen molar-refractivity contribution in [2.24, 2.45) is 0 Å². The van der Waals surface area contributed by atoms with E-state index in [-0.39, 0.29) is 11.8 Å². The molecule has 210 valence electrons. The van der Waals surface area contributed by atoms with Gasteiger partial charge in [0, 0.05) is 50.0 Å². The SMILES string of the molecule is CCCCc1nc2c(N)nc3ccccc3c2n1CCCCNC(=O)CCCCCCC(=O)N1CCSC1=S. The van der Waals surface area contributed by atoms with Crippen LogP contribution in [0.3, 0.4) is 0 Å². The summed E-state index contributed by atoms with van der Waals surface area (Å²) in [7, 11) is 0. The highest BCUT2D eigenvalue weighted by molar-refractivity contribution is 8.23. The second-order valence-corrected chi connectivity index (χ2v) is 11.9. The van der Waals surface area contributed by atoms with E-state index < -0.39 is 0 Å². The van der Waals surface area contributed by atoms with E-state index >= 15 is 0 Å². The largest absolute Gasteiger partial charge is 0.382 e. The molecule has 0 aliphatic carbocycles. The van der Waals surface area contributed by atoms with Crippen LogP contribution in [-0.4, -0.2) is 54.4 Å². The molecule has 10 heteroatoms. The predicted molar refractivity (Wildman–Crippen MR) is 165 cm³/mol. The third kappa shape index (κ3) is 7.69. The van der Waals surface area contributed by atoms with E-state index in [9.17, 15) is 9.59 Å². The smallest absolute Gasteiger partial charge is 0.228 e. The van der Waals surface area contributed by atoms with Crippen LogP contribution in [0.5, 0.6) is 0 Å². The summed E-state index contributed by atoms with van der Waals surface area (Å²) in [5, 5.41) is 4.14. The van der Waals surface area contributed by atoms with E-state index in [1.807, 2.05) is 18.2 Å². The van der Waals surface area contributed by atoms with Crippen LogP contribution in [0.2, 0.25) is 0 Å². The second-order valence-electron chi connectivity index (χ2n) is 10.1. The lowest BCUT2D eigenvalue weighted by molar-refractivity contribution is -0.127. The fraction of sp³-hybridized carbons (Fsp3) is 0.552. The molecule has 1 saturated heterocycles. The Bertz CT molecular complexity index is 1310. The minimum atomic E-state index is 0.104. The maximum atomic E-state index is 12.3. The van der Waals surface area contributed by atoms with E-state index in [1.54, 1.807) is 16.7 Å². The number of nitrogen functional groups attached to an aromatic ring is 1. The van der Waals surface area contributed by atoms with Gasteiger partial charge in [0.05, 0.1) is 11.0 Å². The Balaban J connectivity index is 1.18. The van der Waals surface area contributed by atoms with Gasteiger partial charge < -0.3 is 15.6 Å². The summed E-state index contributed by atoms with van der Waals surface area (Å²) in [5.74, 6) is 2.69. The average molecular weight is 569 g/mol. The number of benzene rings is 1. The maximum Gasteiger partial charge on any atom is 0.228 e. The molecule has 3 aromatic rings. The van der Waals surface area contributed by atoms with Crippen molar-refractivity contribution < 1.29 is 9.59 Å². The van der Waals surface area contributed by atoms with Crippen molar-refractivity contribution in [3.8, 4) is 0 Å². The Labute approximate surface area is 240 Å². The third-order valence-corrected chi connectivity index (χ3v) is 8.61. The fourth-order valence-electron chi connectivity index (χ4n) is 5.05. The number of nitrogens with two attached hydrogens (primary N) is 1. The Morgan fingerprint density at radius 3 is 2.62 bits per heavy atom. The molecule has 3 heterocycles. The first-order valence-electron chi connectivity index (χ1n) is 14.3. The summed E-state index contributed by atoms with van der Waals surface area (Å²) in [6.45, 7) is 4.43. The van der Waals surface area contributed by atoms with E-state index in [0.29, 0.717) is 29.5 Å². The zero-order chi connectivity index (χ0) is 27.6. The zero-order valence-electron chi connectivity index (χ0n) is 22.9. The standard InChI is InChI=1S/C29H40N6O2S2/c1-2-3-14-23-33-26-27(21-12-8-9-13-22(21)32-28(26)30)34(23)18-11-10-17-31-24(36)15-6-4-5-7-16-25(37)35-19-20-39-29(35)38/h8-9,12-13H,2-7,10-11,14-20H2,1H3,(H2,30,32)(H,31,36). The van der Waals surface area contributed by atoms with Crippen molar-refractivity contribution in [2.45, 2.75) is 84.1 Å². The van der Waals surface area contributed by atoms with Gasteiger partial charge in [-0.3, -0.25) is 14.5 Å². The second kappa shape index (κ2) is 14.6. The molecule has 2 aromatic heterocycles. The van der Waals surface area contributed by atoms with Gasteiger partial charge in [0.25, 0.3) is 0 Å². The predicted octanol–water partition coefficient (Wildman–Crippen LogP) is 5.61. The normalized spacial score (nSPS) is 13.6. The number of anilines is 1. The molecule has 39 heavy (non-hydrogen) atoms. The topological polar surface area (TPSA) is 106 Å². The number of imidazole rings is 1. The molecule has 1 aromatic carbocycles. The third-order valence-electron chi connectivity index (χ3n) is 7.18. The Morgan fingerprint density at radius 2 is 1.85 bits per heavy atom. The summed E-state index contributed by atoms with van der Waals surface area (Å²) in [6, 6.07) is 8.09. The number of nitrogens with one attached hydrogen (secondary N) is 1. The summed E-state index contributed by atoms with van der Waals surface area (Å²) in [4.78, 5) is 35.7. The molecule has 0 radical (unpaired) electrons. The van der Waals surface area contributed by atoms with Gasteiger partial charge in [0.1, 0.15) is 15.7 Å². The minimum absolute atomic E-state index is 0.104. The first kappa shape index (κ1) is 29.3. The first-order valence-corrected chi connectivity index (χ1v) is 15.7. The van der Waals surface area contributed by atoms with Gasteiger partial charge in [-0.1, -0.05) is 68.4 Å². The number of carbonyl (C=O) groups is 2. The van der Waals surface area contributed by atoms with Gasteiger partial charge >= 0.3 is 0 Å². The van der Waals surface area contributed by atoms with E-state index in [0.717, 1.165) is 104 Å². The number of hydrogen-bond acceptors (Lipinski definition) is 7. The van der Waals surface area contributed by atoms with Gasteiger partial charge in [-0.05, 0) is 38.2 Å². The first-order chi connectivity index (χ1) is 19.0. The van der Waals surface area contributed by atoms with Crippen LogP contribution in [0.25, 0.3) is 21.9 Å². The molecule has 2 amide bonds. The monoisotopic (exact) mass is 568 g/mol. The molecule has 4 rings (SSSR count). The molecule has 3 N–H and O–H groups in total. The highest BCUT2D eigenvalue weighted by Crippen LogP contribution is 2.29. The number of nitrogens with zero attached hydrogens (tertiary/aromatic N) is 4. The minimum Gasteiger partial charge on any atom is -0.382 e. The van der Waals surface area contributed by atoms with Gasteiger partial charge in [-0.25, -0.2) is 9.97 Å². The molecule has 0 bridgehead atoms. The molecule has 8 nitrogen and oxygen atoms in total. The van der Waals surface area contributed by atoms with Crippen molar-refractivity contribution in [2.75, 3.05) is 24.6 Å². The fourth-order valence-corrected chi connectivity index (χ4v) is 6.29. The van der Waals surface area contributed by atoms with E-state index in [1.165, 1.54) is 0 Å². The van der Waals surface area contributed by atoms with Gasteiger partial charge in [0.2, 0.25) is 11.8 Å². The van der Waals surface area contributed by atoms with Gasteiger partial charge in [0.15, 0.2) is 5.82 Å². The molecular weight excluding hydrogens is 528 g/mol. The number of aryl methyl sites for hydroxylation is 2. The maximum absolute atomic E-state index is 12.3. The number of carbonyl (C=O) groups excluding carboxylic acids is 2. The number of para-hydroxylation sites is 1. The summed E-state index contributed by atoms with van der Waals surface area (Å²) >= 11 is 6.79. The number of amides is 2. The van der Waals surface area contributed by atoms with Crippen molar-refractivity contribution in [3.05, 3.63) is 30.1 Å². The highest BCUT2D eigenvalue weighted by Gasteiger charge is 2.23. The summed E-state index contributed by atoms with van der Waals surface area (Å²) in [6.07, 6.45) is 9.62. The van der Waals surface area contributed by atoms with Crippen molar-refractivity contribution in [1.82, 2.24) is 24.8 Å². The van der Waals surface area contributed by atoms with Crippen LogP contribution < -0.4 is 11.1 Å². The van der Waals surface area contributed by atoms with Crippen LogP contribution in [0, 0.1) is 0 Å². The van der Waals surface area contributed by atoms with Crippen molar-refractivity contribution in [1.29, 1.82) is 0 Å². The number of aromatic nitrogens is 3. The number of pyridine rings is 1. The Morgan fingerprint density at radius 1 is 1.05 bits per heavy atom. The molecule has 0 saturated carbocycles. The molecule has 1 fully saturated rings. The lowest BCUT2D eigenvalue weighted by Crippen LogP contribution is -2.30. The Kier molecular flexibility index (Phi) is 11.0. The van der Waals surface area contributed by atoms with Crippen LogP contribution in [-0.2, 0) is 22.6 Å². The van der Waals surface area contributed by atoms with Crippen molar-refractivity contribution >= 4 is 67.9 Å². The van der Waals surface area contributed by atoms with Crippen LogP contribution in [0.4, 0.5) is 5.82 Å². The summed E-state index contributed by atoms with van der Waals surface area (Å²) in [5.41, 5.74) is 9.04. The number of hydrogen-bond donors (Lipinski definition) is 2. The van der Waals surface area contributed by atoms with Gasteiger partial charge in [-0.15, -0.1) is 0 Å². The molecular formula is C29H40N6O2S2. The zero-order valence-corrected chi connectivity index (χ0v) is 24.5. The number of thiocarbonyl (C=S) groups is 1. The number of fused-ring (bicyclic) bond motifs is 3. The quantitative estimate of drug-likeness (QED) is 0.181. The van der Waals surface area contributed by atoms with E-state index in [2.05, 4.69) is 27.9 Å². The van der Waals surface area contributed by atoms with Crippen molar-refractivity contribution in [3.63, 3.8) is 0 Å². The average Bonchev–Trinajstić information content (AvgIpc) is 3.53. The van der Waals surface area contributed by atoms with Crippen LogP contribution in [0.1, 0.15) is 77.0 Å². The number of unbranched alkanes of at least 4 members (excludes halogenated alkanes) is 5. The lowest BCUT2D eigenvalue weighted by Gasteiger charge is -2.14. The molecule has 0 atom stereocenters. The molecule has 1 aliphatic rings. The van der Waals surface area contributed by atoms with E-state index in [4.69, 9.17) is 22.9 Å². The van der Waals surface area contributed by atoms with Gasteiger partial charge in [-0.2, -0.15) is 0 Å².